The SMILES string of the molecule is CN1CC[C@@H](CNC(=O)[C@@H]2CCCOC2)[C@@H]1c1cccnc1. The van der Waals surface area contributed by atoms with Crippen molar-refractivity contribution in [3.05, 3.63) is 30.1 Å². The lowest BCUT2D eigenvalue weighted by atomic mass is 9.94. The van der Waals surface area contributed by atoms with E-state index in [4.69, 9.17) is 4.74 Å². The molecule has 0 unspecified atom stereocenters. The van der Waals surface area contributed by atoms with Gasteiger partial charge in [0.25, 0.3) is 0 Å². The zero-order valence-electron chi connectivity index (χ0n) is 13.2. The predicted octanol–water partition coefficient (Wildman–Crippen LogP) is 1.62. The highest BCUT2D eigenvalue weighted by Gasteiger charge is 2.33. The number of carbonyl (C=O) groups excluding carboxylic acids is 1. The molecule has 2 fully saturated rings. The summed E-state index contributed by atoms with van der Waals surface area (Å²) in [7, 11) is 2.15. The summed E-state index contributed by atoms with van der Waals surface area (Å²) >= 11 is 0. The van der Waals surface area contributed by atoms with E-state index in [9.17, 15) is 4.79 Å². The van der Waals surface area contributed by atoms with Gasteiger partial charge in [0.1, 0.15) is 0 Å². The molecule has 1 aromatic rings. The van der Waals surface area contributed by atoms with E-state index in [2.05, 4.69) is 28.3 Å². The lowest BCUT2D eigenvalue weighted by Crippen LogP contribution is -2.39. The first-order chi connectivity index (χ1) is 10.8. The van der Waals surface area contributed by atoms with Gasteiger partial charge < -0.3 is 10.1 Å². The number of hydrogen-bond donors (Lipinski definition) is 1. The maximum Gasteiger partial charge on any atom is 0.225 e. The van der Waals surface area contributed by atoms with Gasteiger partial charge in [0.2, 0.25) is 5.91 Å². The van der Waals surface area contributed by atoms with Gasteiger partial charge in [-0.05, 0) is 50.4 Å². The molecule has 0 aromatic carbocycles. The second-order valence-corrected chi connectivity index (χ2v) is 6.42. The van der Waals surface area contributed by atoms with Crippen molar-refractivity contribution in [1.82, 2.24) is 15.2 Å². The minimum atomic E-state index is 0.0322. The Morgan fingerprint density at radius 1 is 1.50 bits per heavy atom. The fourth-order valence-corrected chi connectivity index (χ4v) is 3.64. The van der Waals surface area contributed by atoms with E-state index in [1.807, 2.05) is 12.3 Å². The second kappa shape index (κ2) is 7.20. The van der Waals surface area contributed by atoms with Crippen molar-refractivity contribution < 1.29 is 9.53 Å². The molecule has 22 heavy (non-hydrogen) atoms. The standard InChI is InChI=1S/C17H25N3O2/c1-20-8-6-14(16(20)13-4-2-7-18-10-13)11-19-17(21)15-5-3-9-22-12-15/h2,4,7,10,14-16H,3,5-6,8-9,11-12H2,1H3,(H,19,21)/t14-,15+,16-/m0/s1. The Kier molecular flexibility index (Phi) is 5.05. The molecule has 3 rings (SSSR count). The van der Waals surface area contributed by atoms with Crippen LogP contribution in [-0.2, 0) is 9.53 Å². The monoisotopic (exact) mass is 303 g/mol. The molecule has 0 bridgehead atoms. The third-order valence-electron chi connectivity index (χ3n) is 4.87. The quantitative estimate of drug-likeness (QED) is 0.918. The lowest BCUT2D eigenvalue weighted by Gasteiger charge is -2.27. The van der Waals surface area contributed by atoms with Crippen LogP contribution < -0.4 is 5.32 Å². The van der Waals surface area contributed by atoms with Crippen LogP contribution in [0.4, 0.5) is 0 Å². The van der Waals surface area contributed by atoms with Gasteiger partial charge in [-0.1, -0.05) is 6.07 Å². The molecule has 0 radical (unpaired) electrons. The third-order valence-corrected chi connectivity index (χ3v) is 4.87. The molecule has 2 saturated heterocycles. The predicted molar refractivity (Wildman–Crippen MR) is 84.3 cm³/mol. The van der Waals surface area contributed by atoms with Gasteiger partial charge in [-0.2, -0.15) is 0 Å². The molecular weight excluding hydrogens is 278 g/mol. The Morgan fingerprint density at radius 2 is 2.41 bits per heavy atom. The van der Waals surface area contributed by atoms with Crippen molar-refractivity contribution in [3.63, 3.8) is 0 Å². The Labute approximate surface area is 132 Å². The largest absolute Gasteiger partial charge is 0.381 e. The number of rotatable bonds is 4. The molecule has 0 spiro atoms. The first kappa shape index (κ1) is 15.4. The van der Waals surface area contributed by atoms with Crippen LogP contribution in [0.3, 0.4) is 0 Å². The number of pyridine rings is 1. The molecule has 3 atom stereocenters. The molecule has 5 nitrogen and oxygen atoms in total. The minimum Gasteiger partial charge on any atom is -0.381 e. The van der Waals surface area contributed by atoms with Crippen LogP contribution in [-0.4, -0.2) is 49.1 Å². The molecule has 3 heterocycles. The zero-order valence-corrected chi connectivity index (χ0v) is 13.2. The average Bonchev–Trinajstić information content (AvgIpc) is 2.95. The van der Waals surface area contributed by atoms with Crippen molar-refractivity contribution >= 4 is 5.91 Å². The number of nitrogens with one attached hydrogen (secondary N) is 1. The summed E-state index contributed by atoms with van der Waals surface area (Å²) in [4.78, 5) is 18.9. The molecule has 1 aromatic heterocycles. The van der Waals surface area contributed by atoms with E-state index >= 15 is 0 Å². The van der Waals surface area contributed by atoms with Crippen molar-refractivity contribution in [1.29, 1.82) is 0 Å². The molecule has 0 aliphatic carbocycles. The summed E-state index contributed by atoms with van der Waals surface area (Å²) in [5.41, 5.74) is 1.24. The highest BCUT2D eigenvalue weighted by atomic mass is 16.5. The first-order valence-electron chi connectivity index (χ1n) is 8.21. The first-order valence-corrected chi connectivity index (χ1v) is 8.21. The Morgan fingerprint density at radius 3 is 3.14 bits per heavy atom. The van der Waals surface area contributed by atoms with Gasteiger partial charge >= 0.3 is 0 Å². The van der Waals surface area contributed by atoms with Gasteiger partial charge in [0.15, 0.2) is 0 Å². The Balaban J connectivity index is 1.58. The van der Waals surface area contributed by atoms with Crippen LogP contribution >= 0.6 is 0 Å². The topological polar surface area (TPSA) is 54.5 Å². The fourth-order valence-electron chi connectivity index (χ4n) is 3.64. The van der Waals surface area contributed by atoms with Crippen LogP contribution in [0.1, 0.15) is 30.9 Å². The maximum absolute atomic E-state index is 12.3. The van der Waals surface area contributed by atoms with Crippen LogP contribution in [0.15, 0.2) is 24.5 Å². The summed E-state index contributed by atoms with van der Waals surface area (Å²) in [6, 6.07) is 4.45. The number of carbonyl (C=O) groups is 1. The minimum absolute atomic E-state index is 0.0322. The summed E-state index contributed by atoms with van der Waals surface area (Å²) in [5, 5.41) is 3.15. The Bertz CT molecular complexity index is 488. The van der Waals surface area contributed by atoms with Crippen molar-refractivity contribution in [2.24, 2.45) is 11.8 Å². The molecule has 120 valence electrons. The van der Waals surface area contributed by atoms with Crippen molar-refractivity contribution in [3.8, 4) is 0 Å². The molecule has 1 amide bonds. The number of ether oxygens (including phenoxy) is 1. The normalized spacial score (nSPS) is 29.4. The van der Waals surface area contributed by atoms with Crippen molar-refractivity contribution in [2.45, 2.75) is 25.3 Å². The summed E-state index contributed by atoms with van der Waals surface area (Å²) in [6.45, 7) is 3.16. The number of hydrogen-bond acceptors (Lipinski definition) is 4. The number of amides is 1. The number of likely N-dealkylation sites (tertiary alicyclic amines) is 1. The van der Waals surface area contributed by atoms with E-state index in [1.165, 1.54) is 5.56 Å². The number of nitrogens with zero attached hydrogens (tertiary/aromatic N) is 2. The maximum atomic E-state index is 12.3. The van der Waals surface area contributed by atoms with Crippen molar-refractivity contribution in [2.75, 3.05) is 33.4 Å². The van der Waals surface area contributed by atoms with E-state index in [0.717, 1.165) is 39.0 Å². The molecular formula is C17H25N3O2. The number of aromatic nitrogens is 1. The van der Waals surface area contributed by atoms with E-state index in [1.54, 1.807) is 6.20 Å². The molecule has 1 N–H and O–H groups in total. The van der Waals surface area contributed by atoms with Gasteiger partial charge in [-0.3, -0.25) is 14.7 Å². The van der Waals surface area contributed by atoms with E-state index < -0.39 is 0 Å². The molecule has 2 aliphatic rings. The van der Waals surface area contributed by atoms with E-state index in [-0.39, 0.29) is 11.8 Å². The third kappa shape index (κ3) is 3.47. The summed E-state index contributed by atoms with van der Waals surface area (Å²) in [6.07, 6.45) is 6.79. The molecule has 5 heteroatoms. The van der Waals surface area contributed by atoms with Gasteiger partial charge in [0.05, 0.1) is 12.5 Å². The molecule has 2 aliphatic heterocycles. The van der Waals surface area contributed by atoms with Crippen LogP contribution in [0.5, 0.6) is 0 Å². The highest BCUT2D eigenvalue weighted by Crippen LogP contribution is 2.35. The summed E-state index contributed by atoms with van der Waals surface area (Å²) in [5.74, 6) is 0.631. The second-order valence-electron chi connectivity index (χ2n) is 6.42. The highest BCUT2D eigenvalue weighted by molar-refractivity contribution is 5.78. The van der Waals surface area contributed by atoms with Crippen LogP contribution in [0.25, 0.3) is 0 Å². The fraction of sp³-hybridized carbons (Fsp3) is 0.647. The van der Waals surface area contributed by atoms with Gasteiger partial charge in [0, 0.05) is 31.6 Å². The van der Waals surface area contributed by atoms with E-state index in [0.29, 0.717) is 18.6 Å². The van der Waals surface area contributed by atoms with Gasteiger partial charge in [-0.25, -0.2) is 0 Å². The van der Waals surface area contributed by atoms with Crippen LogP contribution in [0.2, 0.25) is 0 Å². The Hall–Kier alpha value is -1.46. The van der Waals surface area contributed by atoms with Gasteiger partial charge in [-0.15, -0.1) is 0 Å². The smallest absolute Gasteiger partial charge is 0.225 e. The van der Waals surface area contributed by atoms with Crippen LogP contribution in [0, 0.1) is 11.8 Å². The lowest BCUT2D eigenvalue weighted by molar-refractivity contribution is -0.129. The molecule has 0 saturated carbocycles. The zero-order chi connectivity index (χ0) is 15.4. The average molecular weight is 303 g/mol. The summed E-state index contributed by atoms with van der Waals surface area (Å²) < 4.78 is 5.41.